The van der Waals surface area contributed by atoms with Gasteiger partial charge in [-0.2, -0.15) is 0 Å². The van der Waals surface area contributed by atoms with E-state index in [0.717, 1.165) is 34.6 Å². The zero-order valence-electron chi connectivity index (χ0n) is 43.8. The fourth-order valence-electron chi connectivity index (χ4n) is 16.7. The summed E-state index contributed by atoms with van der Waals surface area (Å²) in [6.07, 6.45) is 6.61. The van der Waals surface area contributed by atoms with Crippen LogP contribution in [0.2, 0.25) is 0 Å². The van der Waals surface area contributed by atoms with E-state index >= 15 is 0 Å². The van der Waals surface area contributed by atoms with Crippen molar-refractivity contribution in [2.24, 2.45) is 23.7 Å². The summed E-state index contributed by atoms with van der Waals surface area (Å²) >= 11 is 0. The maximum atomic E-state index is 2.78. The molecule has 5 heteroatoms. The number of benzene rings is 11. The number of nitrogens with zero attached hydrogens (tertiary/aromatic N) is 4. The van der Waals surface area contributed by atoms with Crippen molar-refractivity contribution in [1.82, 2.24) is 0 Å². The molecule has 11 aromatic carbocycles. The second-order valence-electron chi connectivity index (χ2n) is 23.4. The Balaban J connectivity index is 1.02. The summed E-state index contributed by atoms with van der Waals surface area (Å²) < 4.78 is 0. The highest BCUT2D eigenvalue weighted by Crippen LogP contribution is 2.70. The minimum atomic E-state index is -0.140. The molecular weight excluding hydrogens is 944 g/mol. The molecule has 3 heterocycles. The molecule has 18 rings (SSSR count). The number of aryl methyl sites for hydroxylation is 1. The van der Waals surface area contributed by atoms with Crippen LogP contribution in [0.1, 0.15) is 48.8 Å². The van der Waals surface area contributed by atoms with Crippen LogP contribution in [0.5, 0.6) is 0 Å². The van der Waals surface area contributed by atoms with E-state index in [1.807, 2.05) is 0 Å². The number of hydrogen-bond acceptors (Lipinski definition) is 4. The molecule has 0 amide bonds. The standard InChI is InChI=1S/C73H57BN4/c1-47-18-17-31-67-70(47)74-65-44-61(75(56-23-5-2-6-24-56)57-25-7-3-8-26-57)43-64-72(65)78(66-30-16-15-29-63(66)73(64)54-37-48-36-49(39-54)40-55(73)38-48)69-46-62(45-68(71(69)74)77(67)58-27-9-4-10-28-58)76(59-34-32-50-19-11-13-21-52(50)41-59)60-35-33-51-20-12-14-22-53(51)42-60/h2-35,41-46,48-49,54-55H,36-40H2,1H3. The summed E-state index contributed by atoms with van der Waals surface area (Å²) in [7, 11) is 0. The summed E-state index contributed by atoms with van der Waals surface area (Å²) in [5, 5.41) is 4.90. The lowest BCUT2D eigenvalue weighted by Gasteiger charge is -2.65. The Morgan fingerprint density at radius 3 is 1.51 bits per heavy atom. The molecule has 7 aliphatic rings. The molecule has 4 saturated carbocycles. The lowest BCUT2D eigenvalue weighted by molar-refractivity contribution is -0.0418. The Bertz CT molecular complexity index is 4080. The van der Waals surface area contributed by atoms with Gasteiger partial charge in [0.25, 0.3) is 6.71 Å². The average molecular weight is 1000 g/mol. The maximum Gasteiger partial charge on any atom is 0.252 e. The lowest BCUT2D eigenvalue weighted by Crippen LogP contribution is -2.64. The van der Waals surface area contributed by atoms with E-state index in [2.05, 4.69) is 269 Å². The topological polar surface area (TPSA) is 13.0 Å². The van der Waals surface area contributed by atoms with Crippen molar-refractivity contribution in [2.45, 2.75) is 44.4 Å². The summed E-state index contributed by atoms with van der Waals surface area (Å²) in [6, 6.07) is 92.2. The van der Waals surface area contributed by atoms with Gasteiger partial charge in [-0.05, 0) is 209 Å². The Morgan fingerprint density at radius 1 is 0.372 bits per heavy atom. The lowest BCUT2D eigenvalue weighted by atomic mass is 9.31. The first kappa shape index (κ1) is 44.3. The van der Waals surface area contributed by atoms with Crippen LogP contribution >= 0.6 is 0 Å². The van der Waals surface area contributed by atoms with Crippen molar-refractivity contribution in [3.63, 3.8) is 0 Å². The molecule has 0 radical (unpaired) electrons. The van der Waals surface area contributed by atoms with Crippen LogP contribution < -0.4 is 36.0 Å². The number of anilines is 12. The van der Waals surface area contributed by atoms with Crippen molar-refractivity contribution in [2.75, 3.05) is 19.6 Å². The third-order valence-electron chi connectivity index (χ3n) is 19.4. The smallest absolute Gasteiger partial charge is 0.252 e. The molecule has 372 valence electrons. The van der Waals surface area contributed by atoms with Crippen LogP contribution in [-0.2, 0) is 5.41 Å². The van der Waals surface area contributed by atoms with Crippen LogP contribution in [0.4, 0.5) is 68.2 Å². The molecule has 0 saturated heterocycles. The van der Waals surface area contributed by atoms with Gasteiger partial charge in [-0.3, -0.25) is 0 Å². The quantitative estimate of drug-likeness (QED) is 0.148. The van der Waals surface area contributed by atoms with E-state index in [1.165, 1.54) is 132 Å². The maximum absolute atomic E-state index is 2.78. The molecule has 4 nitrogen and oxygen atoms in total. The summed E-state index contributed by atoms with van der Waals surface area (Å²) in [4.78, 5) is 10.4. The zero-order valence-corrected chi connectivity index (χ0v) is 43.8. The van der Waals surface area contributed by atoms with Crippen LogP contribution in [0.3, 0.4) is 0 Å². The van der Waals surface area contributed by atoms with Crippen molar-refractivity contribution < 1.29 is 0 Å². The van der Waals surface area contributed by atoms with Gasteiger partial charge < -0.3 is 19.6 Å². The van der Waals surface area contributed by atoms with Crippen LogP contribution in [0.15, 0.2) is 243 Å². The largest absolute Gasteiger partial charge is 0.311 e. The predicted octanol–water partition coefficient (Wildman–Crippen LogP) is 17.4. The Labute approximate surface area is 457 Å². The van der Waals surface area contributed by atoms with Crippen LogP contribution in [0, 0.1) is 30.6 Å². The fraction of sp³-hybridized carbons (Fsp3) is 0.151. The number of fused-ring (bicyclic) bond motifs is 8. The monoisotopic (exact) mass is 1000 g/mol. The Hall–Kier alpha value is -8.80. The van der Waals surface area contributed by atoms with Gasteiger partial charge in [0.2, 0.25) is 0 Å². The first-order valence-corrected chi connectivity index (χ1v) is 28.5. The highest BCUT2D eigenvalue weighted by Gasteiger charge is 2.63. The second-order valence-corrected chi connectivity index (χ2v) is 23.4. The van der Waals surface area contributed by atoms with E-state index < -0.39 is 0 Å². The molecule has 0 unspecified atom stereocenters. The van der Waals surface area contributed by atoms with Crippen molar-refractivity contribution in [3.8, 4) is 0 Å². The second kappa shape index (κ2) is 16.9. The molecule has 3 aliphatic heterocycles. The van der Waals surface area contributed by atoms with Gasteiger partial charge in [-0.15, -0.1) is 0 Å². The van der Waals surface area contributed by atoms with E-state index in [1.54, 1.807) is 0 Å². The molecule has 1 spiro atoms. The van der Waals surface area contributed by atoms with E-state index in [-0.39, 0.29) is 12.1 Å². The molecule has 4 bridgehead atoms. The van der Waals surface area contributed by atoms with Gasteiger partial charge in [0.15, 0.2) is 0 Å². The highest BCUT2D eigenvalue weighted by atomic mass is 15.2. The van der Waals surface area contributed by atoms with Gasteiger partial charge in [0, 0.05) is 62.3 Å². The normalized spacial score (nSPS) is 20.6. The first-order valence-electron chi connectivity index (χ1n) is 28.5. The third kappa shape index (κ3) is 6.30. The molecule has 4 fully saturated rings. The molecular formula is C73H57BN4. The zero-order chi connectivity index (χ0) is 51.2. The van der Waals surface area contributed by atoms with Gasteiger partial charge >= 0.3 is 0 Å². The SMILES string of the molecule is Cc1cccc2c1B1c3cc(N(c4ccccc4)c4ccccc4)cc4c3N(c3ccccc3C43C4CC5CC(C4)CC3C5)c3cc(N(c4ccc5ccccc5c4)c4ccc5ccccc5c4)cc(c31)N2c1ccccc1. The highest BCUT2D eigenvalue weighted by molar-refractivity contribution is 7.00. The van der Waals surface area contributed by atoms with E-state index in [0.29, 0.717) is 11.8 Å². The van der Waals surface area contributed by atoms with Crippen molar-refractivity contribution in [1.29, 1.82) is 0 Å². The van der Waals surface area contributed by atoms with Gasteiger partial charge in [-0.25, -0.2) is 0 Å². The number of para-hydroxylation sites is 4. The van der Waals surface area contributed by atoms with E-state index in [4.69, 9.17) is 0 Å². The number of hydrogen-bond donors (Lipinski definition) is 0. The van der Waals surface area contributed by atoms with Crippen molar-refractivity contribution in [3.05, 3.63) is 259 Å². The summed E-state index contributed by atoms with van der Waals surface area (Å²) in [6.45, 7) is 2.30. The Kier molecular flexibility index (Phi) is 9.58. The van der Waals surface area contributed by atoms with Gasteiger partial charge in [0.1, 0.15) is 0 Å². The minimum absolute atomic E-state index is 0.0625. The molecule has 4 aliphatic carbocycles. The number of rotatable bonds is 7. The molecule has 11 aromatic rings. The minimum Gasteiger partial charge on any atom is -0.311 e. The average Bonchev–Trinajstić information content (AvgIpc) is 2.15. The van der Waals surface area contributed by atoms with Crippen molar-refractivity contribution >= 4 is 113 Å². The molecule has 0 atom stereocenters. The predicted molar refractivity (Wildman–Crippen MR) is 327 cm³/mol. The van der Waals surface area contributed by atoms with E-state index in [9.17, 15) is 0 Å². The van der Waals surface area contributed by atoms with Gasteiger partial charge in [-0.1, -0.05) is 151 Å². The van der Waals surface area contributed by atoms with Gasteiger partial charge in [0.05, 0.1) is 11.4 Å². The summed E-state index contributed by atoms with van der Waals surface area (Å²) in [5.74, 6) is 2.75. The molecule has 78 heavy (non-hydrogen) atoms. The fourth-order valence-corrected chi connectivity index (χ4v) is 16.7. The third-order valence-corrected chi connectivity index (χ3v) is 19.4. The first-order chi connectivity index (χ1) is 38.6. The Morgan fingerprint density at radius 2 is 0.885 bits per heavy atom. The molecule has 0 aromatic heterocycles. The van der Waals surface area contributed by atoms with Crippen LogP contribution in [0.25, 0.3) is 21.5 Å². The molecule has 0 N–H and O–H groups in total. The van der Waals surface area contributed by atoms with Crippen LogP contribution in [-0.4, -0.2) is 6.71 Å². The summed E-state index contributed by atoms with van der Waals surface area (Å²) in [5.41, 5.74) is 22.9.